The largest absolute Gasteiger partial charge is 0.370 e. The van der Waals surface area contributed by atoms with Crippen molar-refractivity contribution in [1.29, 1.82) is 0 Å². The van der Waals surface area contributed by atoms with Crippen LogP contribution in [0.3, 0.4) is 0 Å². The van der Waals surface area contributed by atoms with Crippen LogP contribution in [0.1, 0.15) is 84.0 Å². The zero-order valence-corrected chi connectivity index (χ0v) is 23.9. The van der Waals surface area contributed by atoms with Crippen molar-refractivity contribution in [3.63, 3.8) is 0 Å². The predicted octanol–water partition coefficient (Wildman–Crippen LogP) is -0.731. The number of carbonyl (C=O) groups is 6. The predicted molar refractivity (Wildman–Crippen MR) is 148 cm³/mol. The minimum Gasteiger partial charge on any atom is -0.370 e. The zero-order chi connectivity index (χ0) is 29.7. The monoisotopic (exact) mass is 565 g/mol. The van der Waals surface area contributed by atoms with E-state index in [1.807, 2.05) is 0 Å². The molecule has 0 aromatic carbocycles. The average Bonchev–Trinajstić information content (AvgIpc) is 3.33. The van der Waals surface area contributed by atoms with Crippen molar-refractivity contribution in [2.45, 2.75) is 108 Å². The van der Waals surface area contributed by atoms with E-state index in [0.29, 0.717) is 38.8 Å². The Labute approximate surface area is 236 Å². The fourth-order valence-corrected chi connectivity index (χ4v) is 5.35. The van der Waals surface area contributed by atoms with Crippen LogP contribution in [0, 0.1) is 0 Å². The third kappa shape index (κ3) is 10.4. The molecule has 2 fully saturated rings. The Bertz CT molecular complexity index is 914. The molecule has 0 aromatic rings. The topological polar surface area (TPSA) is 197 Å². The highest BCUT2D eigenvalue weighted by molar-refractivity contribution is 5.94. The summed E-state index contributed by atoms with van der Waals surface area (Å²) in [5.74, 6) is -1.93. The molecule has 226 valence electrons. The van der Waals surface area contributed by atoms with Gasteiger partial charge in [-0.3, -0.25) is 28.8 Å². The van der Waals surface area contributed by atoms with Crippen LogP contribution in [0.4, 0.5) is 0 Å². The summed E-state index contributed by atoms with van der Waals surface area (Å²) in [5.41, 5.74) is 11.4. The van der Waals surface area contributed by atoms with Gasteiger partial charge in [0.1, 0.15) is 18.1 Å². The number of carbonyl (C=O) groups excluding carboxylic acids is 6. The first-order chi connectivity index (χ1) is 19.0. The molecule has 0 radical (unpaired) electrons. The molecule has 0 saturated carbocycles. The van der Waals surface area contributed by atoms with Gasteiger partial charge in [0.05, 0.1) is 0 Å². The summed E-state index contributed by atoms with van der Waals surface area (Å²) in [6, 6.07) is -2.90. The van der Waals surface area contributed by atoms with E-state index in [2.05, 4.69) is 16.0 Å². The lowest BCUT2D eigenvalue weighted by Gasteiger charge is -2.37. The second-order valence-corrected chi connectivity index (χ2v) is 10.8. The molecule has 7 N–H and O–H groups in total. The van der Waals surface area contributed by atoms with Crippen LogP contribution >= 0.6 is 0 Å². The molecular weight excluding hydrogens is 518 g/mol. The second kappa shape index (κ2) is 16.8. The summed E-state index contributed by atoms with van der Waals surface area (Å²) in [6.07, 6.45) is 7.57. The van der Waals surface area contributed by atoms with Crippen LogP contribution in [0.5, 0.6) is 0 Å². The van der Waals surface area contributed by atoms with Crippen LogP contribution in [0.2, 0.25) is 0 Å². The Morgan fingerprint density at radius 2 is 1.65 bits per heavy atom. The van der Waals surface area contributed by atoms with Crippen molar-refractivity contribution in [3.05, 3.63) is 0 Å². The van der Waals surface area contributed by atoms with Crippen molar-refractivity contribution in [2.75, 3.05) is 26.7 Å². The number of fused-ring (bicyclic) bond motifs is 1. The lowest BCUT2D eigenvalue weighted by atomic mass is 10.1. The first kappa shape index (κ1) is 33.0. The maximum absolute atomic E-state index is 13.3. The van der Waals surface area contributed by atoms with E-state index in [9.17, 15) is 28.8 Å². The summed E-state index contributed by atoms with van der Waals surface area (Å²) < 4.78 is 0. The van der Waals surface area contributed by atoms with Crippen molar-refractivity contribution < 1.29 is 28.8 Å². The number of nitrogens with two attached hydrogens (primary N) is 2. The van der Waals surface area contributed by atoms with Crippen molar-refractivity contribution in [1.82, 2.24) is 25.8 Å². The van der Waals surface area contributed by atoms with Gasteiger partial charge in [0.2, 0.25) is 35.4 Å². The van der Waals surface area contributed by atoms with Crippen LogP contribution in [-0.4, -0.2) is 96.1 Å². The number of amides is 6. The maximum atomic E-state index is 13.3. The summed E-state index contributed by atoms with van der Waals surface area (Å²) in [7, 11) is 1.63. The van der Waals surface area contributed by atoms with Gasteiger partial charge in [-0.1, -0.05) is 25.7 Å². The van der Waals surface area contributed by atoms with Gasteiger partial charge in [-0.25, -0.2) is 0 Å². The average molecular weight is 566 g/mol. The minimum absolute atomic E-state index is 0.0477. The number of nitrogens with zero attached hydrogens (tertiary/aromatic N) is 2. The first-order valence-corrected chi connectivity index (χ1v) is 14.4. The number of rotatable bonds is 15. The van der Waals surface area contributed by atoms with Crippen molar-refractivity contribution >= 4 is 35.4 Å². The van der Waals surface area contributed by atoms with Gasteiger partial charge in [0, 0.05) is 52.5 Å². The van der Waals surface area contributed by atoms with Crippen LogP contribution in [0.25, 0.3) is 0 Å². The van der Waals surface area contributed by atoms with E-state index >= 15 is 0 Å². The van der Waals surface area contributed by atoms with E-state index in [0.717, 1.165) is 38.5 Å². The van der Waals surface area contributed by atoms with Crippen LogP contribution in [0.15, 0.2) is 0 Å². The summed E-state index contributed by atoms with van der Waals surface area (Å²) in [6.45, 7) is 2.41. The molecule has 0 aliphatic carbocycles. The highest BCUT2D eigenvalue weighted by atomic mass is 16.2. The van der Waals surface area contributed by atoms with Crippen LogP contribution < -0.4 is 27.4 Å². The molecule has 2 aliphatic rings. The Hall–Kier alpha value is -3.22. The molecule has 0 bridgehead atoms. The number of hydrogen-bond acceptors (Lipinski definition) is 7. The van der Waals surface area contributed by atoms with Crippen molar-refractivity contribution in [3.8, 4) is 0 Å². The number of unbranched alkanes of at least 4 members (excludes halogenated alkanes) is 5. The standard InChI is InChI=1S/C27H47N7O6/c1-18(35)33-16-14-19-10-12-22(34(19)27(40)20(28)17-33)26(39)32-21(11-13-23(29)36)25(38)31-15-8-6-4-3-5-7-9-24(37)30-2/h19-22H,3-17,28H2,1-2H3,(H2,29,36)(H,30,37)(H,31,38)(H,32,39)/t19-,20+,21+,22+/m1/s1. The van der Waals surface area contributed by atoms with E-state index in [-0.39, 0.29) is 43.1 Å². The molecule has 13 heteroatoms. The molecule has 40 heavy (non-hydrogen) atoms. The molecule has 0 spiro atoms. The maximum Gasteiger partial charge on any atom is 0.243 e. The SMILES string of the molecule is CNC(=O)CCCCCCCCNC(=O)[C@H](CCC(N)=O)NC(=O)[C@@H]1CC[C@@H]2CCN(C(C)=O)C[C@H](N)C(=O)N21. The normalized spacial score (nSPS) is 21.6. The van der Waals surface area contributed by atoms with E-state index in [1.54, 1.807) is 11.9 Å². The lowest BCUT2D eigenvalue weighted by Crippen LogP contribution is -2.60. The fraction of sp³-hybridized carbons (Fsp3) is 0.778. The third-order valence-corrected chi connectivity index (χ3v) is 7.69. The molecule has 4 atom stereocenters. The number of nitrogens with one attached hydrogen (secondary N) is 3. The van der Waals surface area contributed by atoms with Gasteiger partial charge in [0.25, 0.3) is 0 Å². The quantitative estimate of drug-likeness (QED) is 0.161. The molecular formula is C27H47N7O6. The molecule has 2 rings (SSSR count). The minimum atomic E-state index is -0.963. The van der Waals surface area contributed by atoms with Gasteiger partial charge in [-0.2, -0.15) is 0 Å². The Morgan fingerprint density at radius 3 is 2.30 bits per heavy atom. The number of primary amides is 1. The van der Waals surface area contributed by atoms with Crippen LogP contribution in [-0.2, 0) is 28.8 Å². The second-order valence-electron chi connectivity index (χ2n) is 10.8. The fourth-order valence-electron chi connectivity index (χ4n) is 5.35. The van der Waals surface area contributed by atoms with Gasteiger partial charge < -0.3 is 37.2 Å². The Kier molecular flexibility index (Phi) is 13.8. The summed E-state index contributed by atoms with van der Waals surface area (Å²) in [4.78, 5) is 77.0. The third-order valence-electron chi connectivity index (χ3n) is 7.69. The van der Waals surface area contributed by atoms with Crippen molar-refractivity contribution in [2.24, 2.45) is 11.5 Å². The number of hydrogen-bond donors (Lipinski definition) is 5. The molecule has 2 heterocycles. The lowest BCUT2D eigenvalue weighted by molar-refractivity contribution is -0.144. The Morgan fingerprint density at radius 1 is 0.975 bits per heavy atom. The summed E-state index contributed by atoms with van der Waals surface area (Å²) >= 11 is 0. The van der Waals surface area contributed by atoms with Gasteiger partial charge in [-0.15, -0.1) is 0 Å². The highest BCUT2D eigenvalue weighted by Gasteiger charge is 2.44. The first-order valence-electron chi connectivity index (χ1n) is 14.4. The van der Waals surface area contributed by atoms with E-state index < -0.39 is 35.8 Å². The molecule has 6 amide bonds. The van der Waals surface area contributed by atoms with Gasteiger partial charge >= 0.3 is 0 Å². The van der Waals surface area contributed by atoms with E-state index in [1.165, 1.54) is 11.8 Å². The molecule has 13 nitrogen and oxygen atoms in total. The van der Waals surface area contributed by atoms with E-state index in [4.69, 9.17) is 11.5 Å². The smallest absolute Gasteiger partial charge is 0.243 e. The molecule has 2 saturated heterocycles. The highest BCUT2D eigenvalue weighted by Crippen LogP contribution is 2.29. The Balaban J connectivity index is 1.88. The molecule has 0 unspecified atom stereocenters. The molecule has 0 aromatic heterocycles. The molecule has 2 aliphatic heterocycles. The summed E-state index contributed by atoms with van der Waals surface area (Å²) in [5, 5.41) is 8.19. The van der Waals surface area contributed by atoms with Gasteiger partial charge in [0.15, 0.2) is 0 Å². The zero-order valence-electron chi connectivity index (χ0n) is 23.9. The van der Waals surface area contributed by atoms with Gasteiger partial charge in [-0.05, 0) is 38.5 Å².